The molecule has 0 saturated heterocycles. The number of hydrogen-bond donors (Lipinski definition) is 2. The van der Waals surface area contributed by atoms with Gasteiger partial charge in [-0.1, -0.05) is 11.6 Å². The molecule has 0 heterocycles. The Morgan fingerprint density at radius 2 is 1.79 bits per heavy atom. The zero-order valence-electron chi connectivity index (χ0n) is 16.6. The second-order valence-corrected chi connectivity index (χ2v) is 6.86. The zero-order valence-corrected chi connectivity index (χ0v) is 17.3. The molecule has 0 unspecified atom stereocenters. The van der Waals surface area contributed by atoms with Crippen LogP contribution in [0.2, 0.25) is 5.02 Å². The standard InChI is InChI=1S/C21H26ClFN2O3/c1-5-27-19-10-7-15(11-20(19)28-6-2)13(3)24-14(4)21(26)25-18-9-8-16(23)12-17(18)22/h7-14,24H,5-6H2,1-4H3,(H,25,26)/p+1/t13-,14-/m1/s1. The minimum Gasteiger partial charge on any atom is -0.490 e. The highest BCUT2D eigenvalue weighted by Gasteiger charge is 2.22. The number of nitrogens with two attached hydrogens (primary N) is 1. The summed E-state index contributed by atoms with van der Waals surface area (Å²) in [5, 5.41) is 4.85. The summed E-state index contributed by atoms with van der Waals surface area (Å²) in [5.41, 5.74) is 1.41. The van der Waals surface area contributed by atoms with Crippen molar-refractivity contribution in [1.29, 1.82) is 0 Å². The molecule has 0 fully saturated rings. The van der Waals surface area contributed by atoms with Gasteiger partial charge in [-0.15, -0.1) is 0 Å². The van der Waals surface area contributed by atoms with Crippen molar-refractivity contribution in [2.75, 3.05) is 18.5 Å². The third-order valence-corrected chi connectivity index (χ3v) is 4.59. The molecule has 152 valence electrons. The lowest BCUT2D eigenvalue weighted by atomic mass is 10.1. The van der Waals surface area contributed by atoms with E-state index < -0.39 is 5.82 Å². The third kappa shape index (κ3) is 5.84. The summed E-state index contributed by atoms with van der Waals surface area (Å²) in [5.74, 6) is 0.738. The molecule has 3 N–H and O–H groups in total. The first-order valence-corrected chi connectivity index (χ1v) is 9.73. The Morgan fingerprint density at radius 3 is 2.43 bits per heavy atom. The summed E-state index contributed by atoms with van der Waals surface area (Å²) in [7, 11) is 0. The molecule has 2 rings (SSSR count). The van der Waals surface area contributed by atoms with Gasteiger partial charge in [0, 0.05) is 5.56 Å². The van der Waals surface area contributed by atoms with Crippen LogP contribution in [0.25, 0.3) is 0 Å². The molecule has 0 aliphatic rings. The van der Waals surface area contributed by atoms with Crippen LogP contribution in [0.15, 0.2) is 36.4 Å². The second-order valence-electron chi connectivity index (χ2n) is 6.46. The Bertz CT molecular complexity index is 816. The predicted octanol–water partition coefficient (Wildman–Crippen LogP) is 3.93. The van der Waals surface area contributed by atoms with E-state index in [1.807, 2.05) is 44.3 Å². The Labute approximate surface area is 170 Å². The van der Waals surface area contributed by atoms with Crippen LogP contribution in [0.3, 0.4) is 0 Å². The fourth-order valence-electron chi connectivity index (χ4n) is 2.82. The minimum absolute atomic E-state index is 0.0133. The number of anilines is 1. The number of nitrogens with one attached hydrogen (secondary N) is 1. The van der Waals surface area contributed by atoms with E-state index in [1.165, 1.54) is 18.2 Å². The lowest BCUT2D eigenvalue weighted by molar-refractivity contribution is -0.709. The number of halogens is 2. The number of carbonyl (C=O) groups is 1. The van der Waals surface area contributed by atoms with Gasteiger partial charge in [-0.05, 0) is 64.1 Å². The van der Waals surface area contributed by atoms with Gasteiger partial charge in [0.25, 0.3) is 5.91 Å². The first kappa shape index (κ1) is 22.0. The lowest BCUT2D eigenvalue weighted by Gasteiger charge is -2.19. The number of amides is 1. The van der Waals surface area contributed by atoms with Crippen LogP contribution in [0.5, 0.6) is 11.5 Å². The van der Waals surface area contributed by atoms with Crippen molar-refractivity contribution in [2.24, 2.45) is 0 Å². The highest BCUT2D eigenvalue weighted by molar-refractivity contribution is 6.33. The van der Waals surface area contributed by atoms with Gasteiger partial charge >= 0.3 is 0 Å². The molecule has 2 aromatic rings. The highest BCUT2D eigenvalue weighted by atomic mass is 35.5. The van der Waals surface area contributed by atoms with Crippen LogP contribution in [0.4, 0.5) is 10.1 Å². The Balaban J connectivity index is 2.05. The number of hydrogen-bond acceptors (Lipinski definition) is 3. The molecular weight excluding hydrogens is 383 g/mol. The highest BCUT2D eigenvalue weighted by Crippen LogP contribution is 2.30. The van der Waals surface area contributed by atoms with Crippen LogP contribution in [-0.4, -0.2) is 25.2 Å². The summed E-state index contributed by atoms with van der Waals surface area (Å²) in [4.78, 5) is 12.5. The van der Waals surface area contributed by atoms with Gasteiger partial charge in [0.05, 0.1) is 23.9 Å². The van der Waals surface area contributed by atoms with Gasteiger partial charge < -0.3 is 20.1 Å². The Hall–Kier alpha value is -2.31. The zero-order chi connectivity index (χ0) is 20.7. The fraction of sp³-hybridized carbons (Fsp3) is 0.381. The molecule has 5 nitrogen and oxygen atoms in total. The van der Waals surface area contributed by atoms with Gasteiger partial charge in [-0.2, -0.15) is 0 Å². The van der Waals surface area contributed by atoms with Crippen molar-refractivity contribution in [3.8, 4) is 11.5 Å². The SMILES string of the molecule is CCOc1ccc([C@@H](C)[NH2+][C@H](C)C(=O)Nc2ccc(F)cc2Cl)cc1OCC. The molecule has 0 aliphatic heterocycles. The van der Waals surface area contributed by atoms with E-state index in [1.54, 1.807) is 6.92 Å². The maximum atomic E-state index is 13.1. The average Bonchev–Trinajstić information content (AvgIpc) is 2.65. The molecular formula is C21H27ClFN2O3+. The number of rotatable bonds is 9. The predicted molar refractivity (Wildman–Crippen MR) is 109 cm³/mol. The molecule has 1 amide bonds. The van der Waals surface area contributed by atoms with Crippen molar-refractivity contribution in [3.05, 3.63) is 52.8 Å². The van der Waals surface area contributed by atoms with Crippen molar-refractivity contribution < 1.29 is 24.0 Å². The quantitative estimate of drug-likeness (QED) is 0.659. The van der Waals surface area contributed by atoms with E-state index in [4.69, 9.17) is 21.1 Å². The first-order valence-electron chi connectivity index (χ1n) is 9.36. The van der Waals surface area contributed by atoms with Gasteiger partial charge in [0.2, 0.25) is 0 Å². The smallest absolute Gasteiger partial charge is 0.282 e. The molecule has 2 atom stereocenters. The minimum atomic E-state index is -0.447. The third-order valence-electron chi connectivity index (χ3n) is 4.27. The molecule has 28 heavy (non-hydrogen) atoms. The van der Waals surface area contributed by atoms with E-state index in [2.05, 4.69) is 5.32 Å². The number of carbonyl (C=O) groups excluding carboxylic acids is 1. The first-order chi connectivity index (χ1) is 13.3. The molecule has 0 saturated carbocycles. The normalized spacial score (nSPS) is 12.9. The lowest BCUT2D eigenvalue weighted by Crippen LogP contribution is -2.91. The largest absolute Gasteiger partial charge is 0.490 e. The summed E-state index contributed by atoms with van der Waals surface area (Å²) in [6.45, 7) is 8.77. The topological polar surface area (TPSA) is 64.2 Å². The number of ether oxygens (including phenoxy) is 2. The molecule has 0 radical (unpaired) electrons. The van der Waals surface area contributed by atoms with Crippen LogP contribution >= 0.6 is 11.6 Å². The van der Waals surface area contributed by atoms with E-state index in [0.717, 1.165) is 5.56 Å². The summed E-state index contributed by atoms with van der Waals surface area (Å²) >= 11 is 5.98. The molecule has 7 heteroatoms. The van der Waals surface area contributed by atoms with Gasteiger partial charge in [0.1, 0.15) is 11.9 Å². The van der Waals surface area contributed by atoms with Gasteiger partial charge in [-0.25, -0.2) is 4.39 Å². The number of benzene rings is 2. The van der Waals surface area contributed by atoms with Crippen molar-refractivity contribution in [1.82, 2.24) is 0 Å². The summed E-state index contributed by atoms with van der Waals surface area (Å²) in [6.07, 6.45) is 0. The molecule has 2 aromatic carbocycles. The van der Waals surface area contributed by atoms with E-state index in [0.29, 0.717) is 30.4 Å². The molecule has 0 bridgehead atoms. The van der Waals surface area contributed by atoms with Crippen LogP contribution in [0.1, 0.15) is 39.3 Å². The van der Waals surface area contributed by atoms with Crippen molar-refractivity contribution in [3.63, 3.8) is 0 Å². The van der Waals surface area contributed by atoms with Crippen LogP contribution in [-0.2, 0) is 4.79 Å². The van der Waals surface area contributed by atoms with E-state index in [-0.39, 0.29) is 23.0 Å². The molecule has 0 aromatic heterocycles. The monoisotopic (exact) mass is 409 g/mol. The second kappa shape index (κ2) is 10.3. The number of quaternary nitrogens is 1. The van der Waals surface area contributed by atoms with Crippen molar-refractivity contribution in [2.45, 2.75) is 39.8 Å². The summed E-state index contributed by atoms with van der Waals surface area (Å²) in [6, 6.07) is 9.31. The van der Waals surface area contributed by atoms with E-state index in [9.17, 15) is 9.18 Å². The maximum Gasteiger partial charge on any atom is 0.282 e. The van der Waals surface area contributed by atoms with Crippen molar-refractivity contribution >= 4 is 23.2 Å². The molecule has 0 aliphatic carbocycles. The summed E-state index contributed by atoms with van der Waals surface area (Å²) < 4.78 is 24.4. The van der Waals surface area contributed by atoms with E-state index >= 15 is 0 Å². The van der Waals surface area contributed by atoms with Gasteiger partial charge in [0.15, 0.2) is 17.5 Å². The molecule has 0 spiro atoms. The average molecular weight is 410 g/mol. The fourth-order valence-corrected chi connectivity index (χ4v) is 3.03. The maximum absolute atomic E-state index is 13.1. The Kier molecular flexibility index (Phi) is 8.08. The van der Waals surface area contributed by atoms with Crippen LogP contribution < -0.4 is 20.1 Å². The van der Waals surface area contributed by atoms with Crippen LogP contribution in [0, 0.1) is 5.82 Å². The van der Waals surface area contributed by atoms with Gasteiger partial charge in [-0.3, -0.25) is 4.79 Å². The Morgan fingerprint density at radius 1 is 1.11 bits per heavy atom.